The lowest BCUT2D eigenvalue weighted by Gasteiger charge is -2.35. The highest BCUT2D eigenvalue weighted by Crippen LogP contribution is 2.24. The first-order chi connectivity index (χ1) is 10.3. The molecule has 5 nitrogen and oxygen atoms in total. The van der Waals surface area contributed by atoms with E-state index in [4.69, 9.17) is 0 Å². The van der Waals surface area contributed by atoms with Crippen LogP contribution in [0.3, 0.4) is 0 Å². The summed E-state index contributed by atoms with van der Waals surface area (Å²) >= 11 is 0. The van der Waals surface area contributed by atoms with Gasteiger partial charge in [0, 0.05) is 24.2 Å². The summed E-state index contributed by atoms with van der Waals surface area (Å²) in [4.78, 5) is 30.9. The number of pyridine rings is 1. The molecule has 1 aliphatic rings. The Morgan fingerprint density at radius 2 is 2.05 bits per heavy atom. The van der Waals surface area contributed by atoms with Gasteiger partial charge in [-0.2, -0.15) is 0 Å². The monoisotopic (exact) mass is 303 g/mol. The number of likely N-dealkylation sites (tertiary alicyclic amines) is 1. The van der Waals surface area contributed by atoms with Gasteiger partial charge < -0.3 is 10.2 Å². The molecule has 2 rings (SSSR count). The third kappa shape index (κ3) is 4.06. The molecule has 0 spiro atoms. The summed E-state index contributed by atoms with van der Waals surface area (Å²) in [7, 11) is 0. The minimum absolute atomic E-state index is 0.0514. The van der Waals surface area contributed by atoms with Crippen LogP contribution in [0.2, 0.25) is 0 Å². The number of hydrogen-bond donors (Lipinski definition) is 1. The Hall–Kier alpha value is -1.91. The summed E-state index contributed by atoms with van der Waals surface area (Å²) in [6.07, 6.45) is 1.67. The van der Waals surface area contributed by atoms with Gasteiger partial charge in [-0.1, -0.05) is 26.8 Å². The van der Waals surface area contributed by atoms with Crippen molar-refractivity contribution in [1.82, 2.24) is 9.88 Å². The molecular weight excluding hydrogens is 278 g/mol. The quantitative estimate of drug-likeness (QED) is 0.913. The minimum Gasteiger partial charge on any atom is -0.341 e. The molecule has 0 aromatic carbocycles. The van der Waals surface area contributed by atoms with Gasteiger partial charge in [0.2, 0.25) is 11.8 Å². The number of aryl methyl sites for hydroxylation is 1. The van der Waals surface area contributed by atoms with Gasteiger partial charge in [0.25, 0.3) is 0 Å². The van der Waals surface area contributed by atoms with E-state index in [1.165, 1.54) is 0 Å². The van der Waals surface area contributed by atoms with Crippen LogP contribution in [0.1, 0.15) is 39.3 Å². The van der Waals surface area contributed by atoms with E-state index >= 15 is 0 Å². The number of anilines is 1. The maximum atomic E-state index is 12.4. The van der Waals surface area contributed by atoms with Crippen molar-refractivity contribution in [2.75, 3.05) is 18.4 Å². The average Bonchev–Trinajstić information content (AvgIpc) is 2.45. The van der Waals surface area contributed by atoms with E-state index in [-0.39, 0.29) is 17.7 Å². The number of carbonyl (C=O) groups excluding carboxylic acids is 2. The number of rotatable bonds is 2. The fraction of sp³-hybridized carbons (Fsp3) is 0.588. The molecule has 120 valence electrons. The van der Waals surface area contributed by atoms with Crippen LogP contribution < -0.4 is 5.32 Å². The number of carbonyl (C=O) groups is 2. The van der Waals surface area contributed by atoms with E-state index in [0.29, 0.717) is 12.4 Å². The first kappa shape index (κ1) is 16.5. The van der Waals surface area contributed by atoms with Gasteiger partial charge in [-0.3, -0.25) is 9.59 Å². The van der Waals surface area contributed by atoms with Gasteiger partial charge in [-0.05, 0) is 31.9 Å². The number of amides is 2. The summed E-state index contributed by atoms with van der Waals surface area (Å²) in [5, 5.41) is 2.86. The second-order valence-electron chi connectivity index (χ2n) is 6.99. The van der Waals surface area contributed by atoms with Crippen molar-refractivity contribution in [1.29, 1.82) is 0 Å². The predicted octanol–water partition coefficient (Wildman–Crippen LogP) is 2.61. The van der Waals surface area contributed by atoms with E-state index in [1.807, 2.05) is 44.7 Å². The lowest BCUT2D eigenvalue weighted by molar-refractivity contribution is -0.142. The van der Waals surface area contributed by atoms with Gasteiger partial charge in [0.1, 0.15) is 5.82 Å². The van der Waals surface area contributed by atoms with Crippen LogP contribution in [-0.2, 0) is 9.59 Å². The minimum atomic E-state index is -0.406. The molecule has 0 bridgehead atoms. The molecule has 22 heavy (non-hydrogen) atoms. The molecule has 1 fully saturated rings. The fourth-order valence-electron chi connectivity index (χ4n) is 2.69. The van der Waals surface area contributed by atoms with E-state index in [9.17, 15) is 9.59 Å². The largest absolute Gasteiger partial charge is 0.341 e. The third-order valence-corrected chi connectivity index (χ3v) is 3.86. The number of nitrogens with zero attached hydrogens (tertiary/aromatic N) is 2. The van der Waals surface area contributed by atoms with Crippen LogP contribution in [0.5, 0.6) is 0 Å². The summed E-state index contributed by atoms with van der Waals surface area (Å²) in [6.45, 7) is 8.86. The molecule has 1 saturated heterocycles. The highest BCUT2D eigenvalue weighted by Gasteiger charge is 2.33. The van der Waals surface area contributed by atoms with Crippen LogP contribution in [-0.4, -0.2) is 34.8 Å². The Kier molecular flexibility index (Phi) is 4.84. The second-order valence-corrected chi connectivity index (χ2v) is 6.99. The number of aromatic nitrogens is 1. The summed E-state index contributed by atoms with van der Waals surface area (Å²) < 4.78 is 0. The van der Waals surface area contributed by atoms with Gasteiger partial charge in [-0.15, -0.1) is 0 Å². The Labute approximate surface area is 132 Å². The van der Waals surface area contributed by atoms with Crippen molar-refractivity contribution in [3.05, 3.63) is 23.9 Å². The zero-order valence-electron chi connectivity index (χ0n) is 13.8. The maximum absolute atomic E-state index is 12.4. The molecule has 1 N–H and O–H groups in total. The molecule has 1 unspecified atom stereocenters. The number of nitrogens with one attached hydrogen (secondary N) is 1. The molecule has 0 saturated carbocycles. The fourth-order valence-corrected chi connectivity index (χ4v) is 2.69. The second kappa shape index (κ2) is 6.46. The molecule has 1 atom stereocenters. The Morgan fingerprint density at radius 1 is 1.32 bits per heavy atom. The van der Waals surface area contributed by atoms with Crippen molar-refractivity contribution < 1.29 is 9.59 Å². The third-order valence-electron chi connectivity index (χ3n) is 3.86. The van der Waals surface area contributed by atoms with Crippen molar-refractivity contribution >= 4 is 17.6 Å². The predicted molar refractivity (Wildman–Crippen MR) is 86.4 cm³/mol. The Balaban J connectivity index is 2.00. The summed E-state index contributed by atoms with van der Waals surface area (Å²) in [5.41, 5.74) is 0.460. The van der Waals surface area contributed by atoms with Crippen LogP contribution in [0, 0.1) is 18.3 Å². The first-order valence-corrected chi connectivity index (χ1v) is 7.81. The summed E-state index contributed by atoms with van der Waals surface area (Å²) in [6, 6.07) is 5.54. The van der Waals surface area contributed by atoms with Crippen molar-refractivity contribution in [2.24, 2.45) is 11.3 Å². The lowest BCUT2D eigenvalue weighted by Crippen LogP contribution is -2.47. The van der Waals surface area contributed by atoms with Crippen molar-refractivity contribution in [2.45, 2.75) is 40.5 Å². The maximum Gasteiger partial charge on any atom is 0.230 e. The number of piperidine rings is 1. The van der Waals surface area contributed by atoms with Gasteiger partial charge in [-0.25, -0.2) is 4.98 Å². The van der Waals surface area contributed by atoms with Crippen LogP contribution in [0.4, 0.5) is 5.82 Å². The molecule has 1 aliphatic heterocycles. The molecule has 5 heteroatoms. The van der Waals surface area contributed by atoms with E-state index in [2.05, 4.69) is 10.3 Å². The number of hydrogen-bond acceptors (Lipinski definition) is 3. The highest BCUT2D eigenvalue weighted by atomic mass is 16.2. The van der Waals surface area contributed by atoms with Crippen molar-refractivity contribution in [3.8, 4) is 0 Å². The van der Waals surface area contributed by atoms with Crippen LogP contribution in [0.25, 0.3) is 0 Å². The van der Waals surface area contributed by atoms with Gasteiger partial charge in [0.15, 0.2) is 0 Å². The first-order valence-electron chi connectivity index (χ1n) is 7.81. The topological polar surface area (TPSA) is 62.3 Å². The molecule has 1 aromatic heterocycles. The molecule has 0 radical (unpaired) electrons. The Bertz CT molecular complexity index is 563. The van der Waals surface area contributed by atoms with E-state index in [0.717, 1.165) is 25.1 Å². The zero-order valence-corrected chi connectivity index (χ0v) is 13.8. The normalized spacial score (nSPS) is 18.9. The standard InChI is InChI=1S/C17H25N3O2/c1-12-7-5-9-14(18-12)19-15(21)13-8-6-10-20(11-13)16(22)17(2,3)4/h5,7,9,13H,6,8,10-11H2,1-4H3,(H,18,19,21). The zero-order chi connectivity index (χ0) is 16.3. The van der Waals surface area contributed by atoms with E-state index in [1.54, 1.807) is 6.07 Å². The smallest absolute Gasteiger partial charge is 0.230 e. The lowest BCUT2D eigenvalue weighted by atomic mass is 9.91. The molecule has 2 amide bonds. The highest BCUT2D eigenvalue weighted by molar-refractivity contribution is 5.92. The molecule has 0 aliphatic carbocycles. The Morgan fingerprint density at radius 3 is 2.68 bits per heavy atom. The average molecular weight is 303 g/mol. The van der Waals surface area contributed by atoms with Crippen LogP contribution in [0.15, 0.2) is 18.2 Å². The molecule has 1 aromatic rings. The van der Waals surface area contributed by atoms with E-state index < -0.39 is 5.41 Å². The van der Waals surface area contributed by atoms with Crippen molar-refractivity contribution in [3.63, 3.8) is 0 Å². The van der Waals surface area contributed by atoms with Gasteiger partial charge in [0.05, 0.1) is 5.92 Å². The SMILES string of the molecule is Cc1cccc(NC(=O)C2CCCN(C(=O)C(C)(C)C)C2)n1. The summed E-state index contributed by atoms with van der Waals surface area (Å²) in [5.74, 6) is 0.467. The van der Waals surface area contributed by atoms with Gasteiger partial charge >= 0.3 is 0 Å². The van der Waals surface area contributed by atoms with Crippen LogP contribution >= 0.6 is 0 Å². The molecule has 2 heterocycles. The molecular formula is C17H25N3O2.